The van der Waals surface area contributed by atoms with Gasteiger partial charge in [-0.2, -0.15) is 0 Å². The number of anilines is 2. The first kappa shape index (κ1) is 26.6. The largest absolute Gasteiger partial charge is 0.382 e. The fourth-order valence-corrected chi connectivity index (χ4v) is 4.01. The number of carbonyl (C=O) groups is 1. The van der Waals surface area contributed by atoms with E-state index in [1.807, 2.05) is 16.7 Å². The maximum absolute atomic E-state index is 12.3. The number of fused-ring (bicyclic) bond motifs is 1. The van der Waals surface area contributed by atoms with Crippen LogP contribution in [0.4, 0.5) is 11.5 Å². The molecule has 1 atom stereocenters. The summed E-state index contributed by atoms with van der Waals surface area (Å²) in [5.41, 5.74) is 9.45. The molecule has 0 saturated carbocycles. The number of amides is 1. The van der Waals surface area contributed by atoms with Crippen LogP contribution >= 0.6 is 0 Å². The van der Waals surface area contributed by atoms with Crippen LogP contribution in [0.2, 0.25) is 0 Å². The van der Waals surface area contributed by atoms with Gasteiger partial charge in [0.15, 0.2) is 11.5 Å². The van der Waals surface area contributed by atoms with Gasteiger partial charge in [-0.3, -0.25) is 4.79 Å². The molecule has 2 aromatic heterocycles. The van der Waals surface area contributed by atoms with Crippen LogP contribution in [0.25, 0.3) is 11.2 Å². The fourth-order valence-electron chi connectivity index (χ4n) is 4.01. The number of carbonyl (C=O) groups excluding carboxylic acids is 1. The third-order valence-corrected chi connectivity index (χ3v) is 6.20. The predicted molar refractivity (Wildman–Crippen MR) is 140 cm³/mol. The maximum Gasteiger partial charge on any atom is 0.224 e. The molecule has 0 spiro atoms. The highest BCUT2D eigenvalue weighted by molar-refractivity contribution is 5.90. The molecule has 35 heavy (non-hydrogen) atoms. The zero-order valence-corrected chi connectivity index (χ0v) is 21.6. The number of hydrogen-bond acceptors (Lipinski definition) is 7. The van der Waals surface area contributed by atoms with Gasteiger partial charge in [-0.1, -0.05) is 32.9 Å². The summed E-state index contributed by atoms with van der Waals surface area (Å²) >= 11 is 0. The maximum atomic E-state index is 12.3. The van der Waals surface area contributed by atoms with Crippen LogP contribution in [0.1, 0.15) is 52.0 Å². The minimum Gasteiger partial charge on any atom is -0.382 e. The molecule has 0 fully saturated rings. The fraction of sp³-hybridized carbons (Fsp3) is 0.538. The molecular weight excluding hydrogens is 442 g/mol. The van der Waals surface area contributed by atoms with Gasteiger partial charge in [0.25, 0.3) is 0 Å². The molecule has 3 N–H and O–H groups in total. The number of imidazole rings is 1. The summed E-state index contributed by atoms with van der Waals surface area (Å²) in [6, 6.07) is 8.11. The van der Waals surface area contributed by atoms with Crippen molar-refractivity contribution in [2.75, 3.05) is 38.3 Å². The molecule has 3 aromatic rings. The quantitative estimate of drug-likeness (QED) is 0.378. The number of hydrogen-bond donors (Lipinski definition) is 2. The highest BCUT2D eigenvalue weighted by Gasteiger charge is 2.15. The van der Waals surface area contributed by atoms with Gasteiger partial charge in [0, 0.05) is 32.3 Å². The molecule has 0 saturated heterocycles. The number of benzene rings is 1. The van der Waals surface area contributed by atoms with E-state index >= 15 is 0 Å². The summed E-state index contributed by atoms with van der Waals surface area (Å²) in [7, 11) is 3.83. The Morgan fingerprint density at radius 1 is 1.17 bits per heavy atom. The Hall–Kier alpha value is -3.04. The molecule has 1 aromatic carbocycles. The van der Waals surface area contributed by atoms with E-state index in [0.29, 0.717) is 17.8 Å². The molecule has 9 nitrogen and oxygen atoms in total. The predicted octanol–water partition coefficient (Wildman–Crippen LogP) is 3.85. The number of nitrogens with two attached hydrogens (primary N) is 1. The number of aryl methyl sites for hydroxylation is 1. The lowest BCUT2D eigenvalue weighted by Crippen LogP contribution is -2.32. The summed E-state index contributed by atoms with van der Waals surface area (Å²) in [5.74, 6) is 0.451. The molecule has 190 valence electrons. The molecule has 0 radical (unpaired) electrons. The van der Waals surface area contributed by atoms with Crippen molar-refractivity contribution in [3.05, 3.63) is 42.5 Å². The first-order valence-corrected chi connectivity index (χ1v) is 12.2. The van der Waals surface area contributed by atoms with Gasteiger partial charge in [-0.05, 0) is 56.0 Å². The SMILES string of the molecule is COC(CCn1cnc2c(N)ncnc21)CN(C)CCCCC(=O)Nc1ccc(C(C)(C)C)cc1. The highest BCUT2D eigenvalue weighted by atomic mass is 16.5. The number of nitrogen functional groups attached to an aromatic ring is 1. The molecule has 0 aliphatic rings. The number of methoxy groups -OCH3 is 1. The van der Waals surface area contributed by atoms with Crippen LogP contribution < -0.4 is 11.1 Å². The molecule has 0 aliphatic heterocycles. The van der Waals surface area contributed by atoms with Gasteiger partial charge in [0.05, 0.1) is 12.4 Å². The van der Waals surface area contributed by atoms with Gasteiger partial charge in [0.1, 0.15) is 11.8 Å². The molecule has 0 aliphatic carbocycles. The molecule has 3 rings (SSSR count). The first-order valence-electron chi connectivity index (χ1n) is 12.2. The second-order valence-electron chi connectivity index (χ2n) is 10.1. The van der Waals surface area contributed by atoms with E-state index in [0.717, 1.165) is 50.2 Å². The highest BCUT2D eigenvalue weighted by Crippen LogP contribution is 2.23. The van der Waals surface area contributed by atoms with Crippen molar-refractivity contribution in [2.45, 2.75) is 64.5 Å². The molecule has 2 heterocycles. The van der Waals surface area contributed by atoms with Gasteiger partial charge < -0.3 is 25.3 Å². The third-order valence-electron chi connectivity index (χ3n) is 6.20. The molecule has 9 heteroatoms. The average molecular weight is 482 g/mol. The Morgan fingerprint density at radius 3 is 2.60 bits per heavy atom. The van der Waals surface area contributed by atoms with E-state index < -0.39 is 0 Å². The van der Waals surface area contributed by atoms with Crippen LogP contribution in [0.3, 0.4) is 0 Å². The number of rotatable bonds is 12. The number of aromatic nitrogens is 4. The van der Waals surface area contributed by atoms with Crippen LogP contribution in [-0.4, -0.2) is 63.7 Å². The second-order valence-corrected chi connectivity index (χ2v) is 10.1. The van der Waals surface area contributed by atoms with E-state index in [-0.39, 0.29) is 17.4 Å². The normalized spacial score (nSPS) is 12.9. The third kappa shape index (κ3) is 7.73. The average Bonchev–Trinajstić information content (AvgIpc) is 3.23. The smallest absolute Gasteiger partial charge is 0.224 e. The van der Waals surface area contributed by atoms with E-state index in [1.165, 1.54) is 11.9 Å². The summed E-state index contributed by atoms with van der Waals surface area (Å²) in [6.07, 6.45) is 6.42. The molecular formula is C26H39N7O2. The molecule has 1 amide bonds. The summed E-state index contributed by atoms with van der Waals surface area (Å²) < 4.78 is 7.68. The van der Waals surface area contributed by atoms with Gasteiger partial charge >= 0.3 is 0 Å². The Morgan fingerprint density at radius 2 is 1.91 bits per heavy atom. The van der Waals surface area contributed by atoms with Crippen molar-refractivity contribution in [3.8, 4) is 0 Å². The topological polar surface area (TPSA) is 111 Å². The van der Waals surface area contributed by atoms with Crippen molar-refractivity contribution < 1.29 is 9.53 Å². The van der Waals surface area contributed by atoms with Crippen LogP contribution in [0, 0.1) is 0 Å². The standard InChI is InChI=1S/C26H39N7O2/c1-26(2,3)19-9-11-20(12-10-19)31-22(34)8-6-7-14-32(4)16-21(35-5)13-15-33-18-30-23-24(27)28-17-29-25(23)33/h9-12,17-18,21H,6-8,13-16H2,1-5H3,(H,31,34)(H2,27,28,29). The number of unbranched alkanes of at least 4 members (excludes halogenated alkanes) is 1. The van der Waals surface area contributed by atoms with Gasteiger partial charge in [-0.25, -0.2) is 15.0 Å². The molecule has 0 bridgehead atoms. The minimum absolute atomic E-state index is 0.0583. The lowest BCUT2D eigenvalue weighted by Gasteiger charge is -2.23. The summed E-state index contributed by atoms with van der Waals surface area (Å²) in [6.45, 7) is 8.99. The number of nitrogens with one attached hydrogen (secondary N) is 1. The van der Waals surface area contributed by atoms with Crippen LogP contribution in [-0.2, 0) is 21.5 Å². The zero-order valence-electron chi connectivity index (χ0n) is 21.6. The van der Waals surface area contributed by atoms with E-state index in [4.69, 9.17) is 10.5 Å². The lowest BCUT2D eigenvalue weighted by atomic mass is 9.87. The lowest BCUT2D eigenvalue weighted by molar-refractivity contribution is -0.116. The van der Waals surface area contributed by atoms with Crippen molar-refractivity contribution in [1.82, 2.24) is 24.4 Å². The Kier molecular flexibility index (Phi) is 9.17. The van der Waals surface area contributed by atoms with Gasteiger partial charge in [-0.15, -0.1) is 0 Å². The van der Waals surface area contributed by atoms with E-state index in [1.54, 1.807) is 13.4 Å². The second kappa shape index (κ2) is 12.1. The van der Waals surface area contributed by atoms with Crippen molar-refractivity contribution >= 4 is 28.6 Å². The van der Waals surface area contributed by atoms with E-state index in [9.17, 15) is 4.79 Å². The van der Waals surface area contributed by atoms with E-state index in [2.05, 4.69) is 65.1 Å². The van der Waals surface area contributed by atoms with Crippen molar-refractivity contribution in [2.24, 2.45) is 0 Å². The summed E-state index contributed by atoms with van der Waals surface area (Å²) in [5, 5.41) is 3.00. The number of nitrogens with zero attached hydrogens (tertiary/aromatic N) is 5. The van der Waals surface area contributed by atoms with Crippen molar-refractivity contribution in [3.63, 3.8) is 0 Å². The monoisotopic (exact) mass is 481 g/mol. The molecule has 1 unspecified atom stereocenters. The zero-order chi connectivity index (χ0) is 25.4. The first-order chi connectivity index (χ1) is 16.7. The van der Waals surface area contributed by atoms with Crippen molar-refractivity contribution in [1.29, 1.82) is 0 Å². The Labute approximate surface area is 208 Å². The Bertz CT molecular complexity index is 1090. The number of ether oxygens (including phenoxy) is 1. The number of likely N-dealkylation sites (N-methyl/N-ethyl adjacent to an activating group) is 1. The van der Waals surface area contributed by atoms with Gasteiger partial charge in [0.2, 0.25) is 5.91 Å². The minimum atomic E-state index is 0.0583. The Balaban J connectivity index is 1.35. The van der Waals surface area contributed by atoms with Crippen LogP contribution in [0.5, 0.6) is 0 Å². The van der Waals surface area contributed by atoms with Crippen LogP contribution in [0.15, 0.2) is 36.9 Å². The summed E-state index contributed by atoms with van der Waals surface area (Å²) in [4.78, 5) is 27.2.